The van der Waals surface area contributed by atoms with Gasteiger partial charge in [-0.05, 0) is 38.0 Å². The molecular weight excluding hydrogens is 450 g/mol. The van der Waals surface area contributed by atoms with E-state index in [0.717, 1.165) is 16.9 Å². The Bertz CT molecular complexity index is 1430. The number of pyridine rings is 1. The molecule has 0 bridgehead atoms. The number of rotatable bonds is 6. The lowest BCUT2D eigenvalue weighted by atomic mass is 9.97. The number of hydrogen-bond acceptors (Lipinski definition) is 6. The van der Waals surface area contributed by atoms with E-state index in [9.17, 15) is 14.4 Å². The van der Waals surface area contributed by atoms with E-state index in [4.69, 9.17) is 15.5 Å². The van der Waals surface area contributed by atoms with Crippen LogP contribution in [-0.2, 0) is 4.74 Å². The summed E-state index contributed by atoms with van der Waals surface area (Å²) in [6, 6.07) is 17.0. The Kier molecular flexibility index (Phi) is 6.43. The van der Waals surface area contributed by atoms with Gasteiger partial charge in [-0.2, -0.15) is 0 Å². The molecule has 2 aromatic heterocycles. The van der Waals surface area contributed by atoms with Gasteiger partial charge in [-0.15, -0.1) is 11.3 Å². The van der Waals surface area contributed by atoms with Gasteiger partial charge >= 0.3 is 5.97 Å². The SMILES string of the molecule is CCOC(=O)c1c(NC(=O)c2c(C)c(-c3ccccc3)nc3ccccc23)sc(C(N)=O)c1C. The van der Waals surface area contributed by atoms with Crippen molar-refractivity contribution in [1.29, 1.82) is 0 Å². The Balaban J connectivity index is 1.86. The van der Waals surface area contributed by atoms with Crippen LogP contribution in [0.1, 0.15) is 48.4 Å². The van der Waals surface area contributed by atoms with E-state index in [2.05, 4.69) is 5.32 Å². The van der Waals surface area contributed by atoms with Crippen LogP contribution in [0.4, 0.5) is 5.00 Å². The molecule has 0 aliphatic carbocycles. The Morgan fingerprint density at radius 1 is 0.971 bits per heavy atom. The van der Waals surface area contributed by atoms with Crippen molar-refractivity contribution in [3.05, 3.63) is 81.7 Å². The molecule has 2 amide bonds. The van der Waals surface area contributed by atoms with Crippen LogP contribution in [-0.4, -0.2) is 29.4 Å². The van der Waals surface area contributed by atoms with E-state index in [1.165, 1.54) is 0 Å². The van der Waals surface area contributed by atoms with Gasteiger partial charge in [0, 0.05) is 10.9 Å². The summed E-state index contributed by atoms with van der Waals surface area (Å²) in [5.74, 6) is -1.72. The van der Waals surface area contributed by atoms with Gasteiger partial charge in [0.15, 0.2) is 0 Å². The van der Waals surface area contributed by atoms with E-state index in [-0.39, 0.29) is 22.0 Å². The average Bonchev–Trinajstić information content (AvgIpc) is 3.15. The first-order valence-corrected chi connectivity index (χ1v) is 11.5. The third kappa shape index (κ3) is 4.15. The van der Waals surface area contributed by atoms with Crippen LogP contribution in [0.2, 0.25) is 0 Å². The van der Waals surface area contributed by atoms with Crippen LogP contribution in [0.25, 0.3) is 22.2 Å². The van der Waals surface area contributed by atoms with Crippen molar-refractivity contribution in [3.8, 4) is 11.3 Å². The molecule has 0 spiro atoms. The molecule has 0 saturated carbocycles. The first kappa shape index (κ1) is 23.1. The van der Waals surface area contributed by atoms with E-state index in [0.29, 0.717) is 33.3 Å². The number of nitrogens with two attached hydrogens (primary N) is 1. The maximum absolute atomic E-state index is 13.7. The molecule has 2 aromatic carbocycles. The highest BCUT2D eigenvalue weighted by atomic mass is 32.1. The van der Waals surface area contributed by atoms with Gasteiger partial charge < -0.3 is 15.8 Å². The van der Waals surface area contributed by atoms with Gasteiger partial charge in [0.05, 0.1) is 33.8 Å². The molecule has 7 nitrogen and oxygen atoms in total. The van der Waals surface area contributed by atoms with Gasteiger partial charge in [0.1, 0.15) is 5.00 Å². The molecule has 4 aromatic rings. The number of esters is 1. The number of carbonyl (C=O) groups excluding carboxylic acids is 3. The van der Waals surface area contributed by atoms with Crippen molar-refractivity contribution in [2.75, 3.05) is 11.9 Å². The zero-order valence-electron chi connectivity index (χ0n) is 19.0. The van der Waals surface area contributed by atoms with Gasteiger partial charge in [-0.25, -0.2) is 9.78 Å². The lowest BCUT2D eigenvalue weighted by Crippen LogP contribution is -2.17. The predicted octanol–water partition coefficient (Wildman–Crippen LogP) is 5.11. The molecule has 0 aliphatic rings. The Morgan fingerprint density at radius 3 is 2.32 bits per heavy atom. The van der Waals surface area contributed by atoms with Crippen molar-refractivity contribution in [1.82, 2.24) is 4.98 Å². The summed E-state index contributed by atoms with van der Waals surface area (Å²) >= 11 is 0.960. The van der Waals surface area contributed by atoms with Crippen molar-refractivity contribution in [2.45, 2.75) is 20.8 Å². The summed E-state index contributed by atoms with van der Waals surface area (Å²) < 4.78 is 5.16. The number of carbonyl (C=O) groups is 3. The van der Waals surface area contributed by atoms with Crippen molar-refractivity contribution < 1.29 is 19.1 Å². The van der Waals surface area contributed by atoms with Gasteiger partial charge in [-0.3, -0.25) is 9.59 Å². The zero-order valence-corrected chi connectivity index (χ0v) is 19.8. The maximum Gasteiger partial charge on any atom is 0.341 e. The normalized spacial score (nSPS) is 10.8. The average molecular weight is 474 g/mol. The zero-order chi connectivity index (χ0) is 24.4. The second-order valence-corrected chi connectivity index (χ2v) is 8.66. The molecule has 0 radical (unpaired) electrons. The number of aromatic nitrogens is 1. The van der Waals surface area contributed by atoms with Crippen LogP contribution >= 0.6 is 11.3 Å². The van der Waals surface area contributed by atoms with E-state index in [1.54, 1.807) is 13.8 Å². The van der Waals surface area contributed by atoms with Crippen molar-refractivity contribution in [3.63, 3.8) is 0 Å². The molecule has 0 fully saturated rings. The second kappa shape index (κ2) is 9.44. The number of amides is 2. The summed E-state index contributed by atoms with van der Waals surface area (Å²) in [6.45, 7) is 5.29. The minimum absolute atomic E-state index is 0.133. The molecule has 172 valence electrons. The molecule has 0 aliphatic heterocycles. The quantitative estimate of drug-likeness (QED) is 0.378. The van der Waals surface area contributed by atoms with Gasteiger partial charge in [0.2, 0.25) is 0 Å². The number of thiophene rings is 1. The molecule has 4 rings (SSSR count). The first-order valence-electron chi connectivity index (χ1n) is 10.7. The predicted molar refractivity (Wildman–Crippen MR) is 133 cm³/mol. The molecule has 2 heterocycles. The summed E-state index contributed by atoms with van der Waals surface area (Å²) in [7, 11) is 0. The molecular formula is C26H23N3O4S. The molecule has 0 atom stereocenters. The lowest BCUT2D eigenvalue weighted by Gasteiger charge is -2.15. The molecule has 0 saturated heterocycles. The Hall–Kier alpha value is -4.04. The van der Waals surface area contributed by atoms with Gasteiger partial charge in [0.25, 0.3) is 11.8 Å². The summed E-state index contributed by atoms with van der Waals surface area (Å²) in [6.07, 6.45) is 0. The lowest BCUT2D eigenvalue weighted by molar-refractivity contribution is 0.0527. The van der Waals surface area contributed by atoms with Crippen LogP contribution in [0, 0.1) is 13.8 Å². The van der Waals surface area contributed by atoms with Gasteiger partial charge in [-0.1, -0.05) is 48.5 Å². The highest BCUT2D eigenvalue weighted by Gasteiger charge is 2.27. The smallest absolute Gasteiger partial charge is 0.341 e. The molecule has 34 heavy (non-hydrogen) atoms. The van der Waals surface area contributed by atoms with E-state index < -0.39 is 17.8 Å². The largest absolute Gasteiger partial charge is 0.462 e. The summed E-state index contributed by atoms with van der Waals surface area (Å²) in [5.41, 5.74) is 9.39. The number of primary amides is 1. The van der Waals surface area contributed by atoms with Crippen LogP contribution in [0.5, 0.6) is 0 Å². The fourth-order valence-electron chi connectivity index (χ4n) is 3.93. The number of anilines is 1. The molecule has 3 N–H and O–H groups in total. The summed E-state index contributed by atoms with van der Waals surface area (Å²) in [4.78, 5) is 43.2. The van der Waals surface area contributed by atoms with Crippen LogP contribution in [0.3, 0.4) is 0 Å². The number of nitrogens with zero attached hydrogens (tertiary/aromatic N) is 1. The van der Waals surface area contributed by atoms with Crippen LogP contribution < -0.4 is 11.1 Å². The number of nitrogens with one attached hydrogen (secondary N) is 1. The number of hydrogen-bond donors (Lipinski definition) is 2. The van der Waals surface area contributed by atoms with E-state index >= 15 is 0 Å². The second-order valence-electron chi connectivity index (χ2n) is 7.64. The minimum atomic E-state index is -0.676. The Labute approximate surface area is 200 Å². The number of para-hydroxylation sites is 1. The topological polar surface area (TPSA) is 111 Å². The number of fused-ring (bicyclic) bond motifs is 1. The number of benzene rings is 2. The third-order valence-electron chi connectivity index (χ3n) is 5.49. The summed E-state index contributed by atoms with van der Waals surface area (Å²) in [5, 5.41) is 3.73. The molecule has 0 unspecified atom stereocenters. The number of ether oxygens (including phenoxy) is 1. The highest BCUT2D eigenvalue weighted by molar-refractivity contribution is 7.18. The third-order valence-corrected chi connectivity index (χ3v) is 6.71. The van der Waals surface area contributed by atoms with Crippen molar-refractivity contribution >= 4 is 45.0 Å². The standard InChI is InChI=1S/C26H23N3O4S/c1-4-33-26(32)20-15(3)22(23(27)30)34-25(20)29-24(31)19-14(2)21(16-10-6-5-7-11-16)28-18-13-9-8-12-17(18)19/h5-13H,4H2,1-3H3,(H2,27,30)(H,29,31). The fourth-order valence-corrected chi connectivity index (χ4v) is 4.97. The monoisotopic (exact) mass is 473 g/mol. The first-order chi connectivity index (χ1) is 16.3. The van der Waals surface area contributed by atoms with E-state index in [1.807, 2.05) is 61.5 Å². The maximum atomic E-state index is 13.7. The Morgan fingerprint density at radius 2 is 1.65 bits per heavy atom. The van der Waals surface area contributed by atoms with Crippen LogP contribution in [0.15, 0.2) is 54.6 Å². The fraction of sp³-hybridized carbons (Fsp3) is 0.154. The van der Waals surface area contributed by atoms with Crippen molar-refractivity contribution in [2.24, 2.45) is 5.73 Å². The minimum Gasteiger partial charge on any atom is -0.462 e. The highest BCUT2D eigenvalue weighted by Crippen LogP contribution is 2.35. The molecule has 8 heteroatoms.